The maximum absolute atomic E-state index is 11.9. The topological polar surface area (TPSA) is 138 Å². The number of carbonyl (C=O) groups is 4. The maximum Gasteiger partial charge on any atom is 0.303 e. The van der Waals surface area contributed by atoms with Gasteiger partial charge in [0.2, 0.25) is 0 Å². The van der Waals surface area contributed by atoms with E-state index in [2.05, 4.69) is 10.6 Å². The number of hydrogen-bond donors (Lipinski definition) is 2. The third-order valence-electron chi connectivity index (χ3n) is 4.66. The zero-order valence-corrected chi connectivity index (χ0v) is 20.3. The first-order valence-electron chi connectivity index (χ1n) is 10.4. The molecule has 0 aliphatic carbocycles. The highest BCUT2D eigenvalue weighted by molar-refractivity contribution is 7.80. The Bertz CT molecular complexity index is 939. The van der Waals surface area contributed by atoms with E-state index in [4.69, 9.17) is 35.9 Å². The summed E-state index contributed by atoms with van der Waals surface area (Å²) in [5.74, 6) is -2.72. The molecule has 2 rings (SSSR count). The highest BCUT2D eigenvalue weighted by Gasteiger charge is 2.52. The van der Waals surface area contributed by atoms with E-state index in [0.717, 1.165) is 32.0 Å². The minimum absolute atomic E-state index is 0.121. The van der Waals surface area contributed by atoms with Gasteiger partial charge in [-0.1, -0.05) is 18.2 Å². The first kappa shape index (κ1) is 27.0. The monoisotopic (exact) mass is 496 g/mol. The fraction of sp³-hybridized carbons (Fsp3) is 0.500. The van der Waals surface area contributed by atoms with Crippen LogP contribution in [0.25, 0.3) is 0 Å². The van der Waals surface area contributed by atoms with Crippen molar-refractivity contribution in [3.8, 4) is 0 Å². The number of benzene rings is 1. The van der Waals surface area contributed by atoms with E-state index >= 15 is 0 Å². The van der Waals surface area contributed by atoms with Gasteiger partial charge in [-0.05, 0) is 30.8 Å². The molecule has 5 unspecified atom stereocenters. The minimum atomic E-state index is -1.28. The number of para-hydroxylation sites is 1. The lowest BCUT2D eigenvalue weighted by Gasteiger charge is -2.44. The molecule has 0 radical (unpaired) electrons. The summed E-state index contributed by atoms with van der Waals surface area (Å²) >= 11 is 5.39. The molecule has 34 heavy (non-hydrogen) atoms. The molecule has 1 saturated heterocycles. The van der Waals surface area contributed by atoms with Gasteiger partial charge in [0.15, 0.2) is 29.7 Å². The number of hydrogen-bond acceptors (Lipinski definition) is 10. The van der Waals surface area contributed by atoms with Crippen molar-refractivity contribution in [1.29, 1.82) is 0 Å². The van der Waals surface area contributed by atoms with Crippen molar-refractivity contribution >= 4 is 46.9 Å². The van der Waals surface area contributed by atoms with E-state index in [-0.39, 0.29) is 11.7 Å². The van der Waals surface area contributed by atoms with E-state index in [1.165, 1.54) is 6.92 Å². The molecule has 0 bridgehead atoms. The molecule has 12 heteroatoms. The maximum atomic E-state index is 11.9. The molecule has 0 spiro atoms. The molecule has 0 saturated carbocycles. The van der Waals surface area contributed by atoms with E-state index in [1.807, 2.05) is 31.2 Å². The Hall–Kier alpha value is -3.25. The number of nitrogens with one attached hydrogen (secondary N) is 2. The molecule has 5 atom stereocenters. The predicted molar refractivity (Wildman–Crippen MR) is 122 cm³/mol. The number of thiocarbonyl (C=S) groups is 1. The Balaban J connectivity index is 2.37. The lowest BCUT2D eigenvalue weighted by molar-refractivity contribution is -0.254. The van der Waals surface area contributed by atoms with E-state index in [9.17, 15) is 19.2 Å². The number of carbonyl (C=O) groups excluding carboxylic acids is 4. The second kappa shape index (κ2) is 12.3. The molecule has 186 valence electrons. The summed E-state index contributed by atoms with van der Waals surface area (Å²) in [4.78, 5) is 46.9. The summed E-state index contributed by atoms with van der Waals surface area (Å²) < 4.78 is 27.1. The number of rotatable bonds is 7. The molecule has 1 heterocycles. The number of ether oxygens (including phenoxy) is 5. The first-order chi connectivity index (χ1) is 16.0. The molecule has 1 aliphatic heterocycles. The minimum Gasteiger partial charge on any atom is -0.463 e. The Kier molecular flexibility index (Phi) is 9.75. The zero-order chi connectivity index (χ0) is 25.4. The Morgan fingerprint density at radius 3 is 2.00 bits per heavy atom. The van der Waals surface area contributed by atoms with Crippen molar-refractivity contribution < 1.29 is 42.9 Å². The molecular weight excluding hydrogens is 468 g/mol. The molecule has 2 N–H and O–H groups in total. The zero-order valence-electron chi connectivity index (χ0n) is 19.5. The molecule has 0 aromatic heterocycles. The summed E-state index contributed by atoms with van der Waals surface area (Å²) in [6.45, 7) is 6.23. The second-order valence-electron chi connectivity index (χ2n) is 7.53. The van der Waals surface area contributed by atoms with Crippen LogP contribution in [0.4, 0.5) is 5.69 Å². The lowest BCUT2D eigenvalue weighted by atomic mass is 9.97. The van der Waals surface area contributed by atoms with Crippen LogP contribution >= 0.6 is 12.2 Å². The van der Waals surface area contributed by atoms with Crippen molar-refractivity contribution in [3.63, 3.8) is 0 Å². The van der Waals surface area contributed by atoms with Crippen LogP contribution in [0.5, 0.6) is 0 Å². The number of aryl methyl sites for hydroxylation is 1. The quantitative estimate of drug-likeness (QED) is 0.320. The highest BCUT2D eigenvalue weighted by Crippen LogP contribution is 2.28. The summed E-state index contributed by atoms with van der Waals surface area (Å²) in [7, 11) is 0. The van der Waals surface area contributed by atoms with E-state index < -0.39 is 54.5 Å². The van der Waals surface area contributed by atoms with Gasteiger partial charge in [0.1, 0.15) is 12.7 Å². The van der Waals surface area contributed by atoms with Crippen molar-refractivity contribution in [3.05, 3.63) is 29.8 Å². The van der Waals surface area contributed by atoms with Gasteiger partial charge in [0.25, 0.3) is 0 Å². The number of esters is 4. The molecule has 1 aromatic carbocycles. The highest BCUT2D eigenvalue weighted by atomic mass is 32.1. The molecule has 1 aromatic rings. The number of anilines is 1. The fourth-order valence-electron chi connectivity index (χ4n) is 3.35. The third-order valence-corrected chi connectivity index (χ3v) is 4.88. The van der Waals surface area contributed by atoms with Crippen LogP contribution in [0, 0.1) is 6.92 Å². The van der Waals surface area contributed by atoms with Crippen LogP contribution in [0.15, 0.2) is 24.3 Å². The first-order valence-corrected chi connectivity index (χ1v) is 10.8. The normalized spacial score (nSPS) is 23.7. The average Bonchev–Trinajstić information content (AvgIpc) is 2.71. The van der Waals surface area contributed by atoms with E-state index in [0.29, 0.717) is 0 Å². The summed E-state index contributed by atoms with van der Waals surface area (Å²) in [6, 6.07) is 7.40. The molecule has 1 aliphatic rings. The fourth-order valence-corrected chi connectivity index (χ4v) is 3.57. The van der Waals surface area contributed by atoms with Gasteiger partial charge in [0.05, 0.1) is 0 Å². The van der Waals surface area contributed by atoms with Gasteiger partial charge in [-0.25, -0.2) is 0 Å². The van der Waals surface area contributed by atoms with Gasteiger partial charge in [0, 0.05) is 33.4 Å². The average molecular weight is 497 g/mol. The van der Waals surface area contributed by atoms with Gasteiger partial charge < -0.3 is 34.3 Å². The lowest BCUT2D eigenvalue weighted by Crippen LogP contribution is -2.66. The van der Waals surface area contributed by atoms with Gasteiger partial charge in [-0.15, -0.1) is 0 Å². The van der Waals surface area contributed by atoms with Crippen LogP contribution in [0.1, 0.15) is 33.3 Å². The Morgan fingerprint density at radius 1 is 0.882 bits per heavy atom. The molecule has 11 nitrogen and oxygen atoms in total. The van der Waals surface area contributed by atoms with Crippen molar-refractivity contribution in [2.24, 2.45) is 0 Å². The molecular formula is C22H28N2O9S. The summed E-state index contributed by atoms with van der Waals surface area (Å²) in [6.07, 6.45) is -5.98. The standard InChI is InChI=1S/C22H28N2O9S/c1-11-8-6-7-9-16(11)23-22(34)24-21-20(32-15(5)28)19(31-14(4)27)18(30-13(3)26)17(33-21)10-29-12(2)25/h6-9,17-21H,10H2,1-5H3,(H2,23,24,34). The summed E-state index contributed by atoms with van der Waals surface area (Å²) in [5.41, 5.74) is 1.65. The second-order valence-corrected chi connectivity index (χ2v) is 7.94. The predicted octanol–water partition coefficient (Wildman–Crippen LogP) is 1.36. The van der Waals surface area contributed by atoms with Crippen molar-refractivity contribution in [1.82, 2.24) is 5.32 Å². The third kappa shape index (κ3) is 7.96. The largest absolute Gasteiger partial charge is 0.463 e. The Labute approximate surface area is 202 Å². The van der Waals surface area contributed by atoms with Crippen LogP contribution in [-0.4, -0.2) is 66.2 Å². The molecule has 0 amide bonds. The molecule has 1 fully saturated rings. The van der Waals surface area contributed by atoms with Crippen LogP contribution in [-0.2, 0) is 42.9 Å². The van der Waals surface area contributed by atoms with Gasteiger partial charge >= 0.3 is 23.9 Å². The Morgan fingerprint density at radius 2 is 1.44 bits per heavy atom. The van der Waals surface area contributed by atoms with Crippen LogP contribution < -0.4 is 10.6 Å². The van der Waals surface area contributed by atoms with Crippen LogP contribution in [0.3, 0.4) is 0 Å². The van der Waals surface area contributed by atoms with Crippen molar-refractivity contribution in [2.45, 2.75) is 65.3 Å². The summed E-state index contributed by atoms with van der Waals surface area (Å²) in [5, 5.41) is 6.03. The van der Waals surface area contributed by atoms with Gasteiger partial charge in [-0.3, -0.25) is 19.2 Å². The SMILES string of the molecule is CC(=O)OCC1OC(NC(=S)Nc2ccccc2C)C(OC(C)=O)C(OC(C)=O)C1OC(C)=O. The van der Waals surface area contributed by atoms with Crippen molar-refractivity contribution in [2.75, 3.05) is 11.9 Å². The van der Waals surface area contributed by atoms with E-state index in [1.54, 1.807) is 0 Å². The van der Waals surface area contributed by atoms with Gasteiger partial charge in [-0.2, -0.15) is 0 Å². The smallest absolute Gasteiger partial charge is 0.303 e. The van der Waals surface area contributed by atoms with Crippen LogP contribution in [0.2, 0.25) is 0 Å².